The molecule has 0 radical (unpaired) electrons. The SMILES string of the molecule is CCC(NC(=O)c1cc2cc(OC)ccc2n1C)c1ncnn1CC. The fraction of sp³-hybridized carbons (Fsp3) is 0.389. The molecular weight excluding hydrogens is 318 g/mol. The minimum absolute atomic E-state index is 0.129. The molecule has 2 aromatic heterocycles. The van der Waals surface area contributed by atoms with Crippen LogP contribution in [-0.2, 0) is 13.6 Å². The van der Waals surface area contributed by atoms with Gasteiger partial charge in [-0.15, -0.1) is 0 Å². The molecule has 0 bridgehead atoms. The molecule has 3 rings (SSSR count). The maximum absolute atomic E-state index is 12.8. The zero-order chi connectivity index (χ0) is 18.0. The fourth-order valence-corrected chi connectivity index (χ4v) is 3.04. The predicted octanol–water partition coefficient (Wildman–Crippen LogP) is 2.68. The van der Waals surface area contributed by atoms with Gasteiger partial charge in [-0.05, 0) is 37.6 Å². The van der Waals surface area contributed by atoms with Gasteiger partial charge in [0.1, 0.15) is 23.6 Å². The minimum Gasteiger partial charge on any atom is -0.497 e. The summed E-state index contributed by atoms with van der Waals surface area (Å²) in [7, 11) is 3.52. The van der Waals surface area contributed by atoms with E-state index in [1.807, 2.05) is 49.7 Å². The summed E-state index contributed by atoms with van der Waals surface area (Å²) in [6, 6.07) is 7.47. The van der Waals surface area contributed by atoms with Gasteiger partial charge in [-0.1, -0.05) is 6.92 Å². The van der Waals surface area contributed by atoms with Gasteiger partial charge in [0, 0.05) is 24.5 Å². The Morgan fingerprint density at radius 2 is 2.12 bits per heavy atom. The van der Waals surface area contributed by atoms with Gasteiger partial charge < -0.3 is 14.6 Å². The maximum atomic E-state index is 12.8. The molecule has 1 amide bonds. The van der Waals surface area contributed by atoms with Gasteiger partial charge in [-0.25, -0.2) is 9.67 Å². The van der Waals surface area contributed by atoms with E-state index in [0.717, 1.165) is 35.4 Å². The molecule has 1 aromatic carbocycles. The molecule has 0 fully saturated rings. The van der Waals surface area contributed by atoms with Crippen LogP contribution in [0, 0.1) is 0 Å². The molecule has 132 valence electrons. The largest absolute Gasteiger partial charge is 0.497 e. The van der Waals surface area contributed by atoms with Gasteiger partial charge in [0.25, 0.3) is 5.91 Å². The highest BCUT2D eigenvalue weighted by Gasteiger charge is 2.21. The fourth-order valence-electron chi connectivity index (χ4n) is 3.04. The molecule has 0 aliphatic carbocycles. The number of carbonyl (C=O) groups is 1. The van der Waals surface area contributed by atoms with Crippen molar-refractivity contribution in [2.45, 2.75) is 32.9 Å². The smallest absolute Gasteiger partial charge is 0.268 e. The van der Waals surface area contributed by atoms with Crippen LogP contribution in [0.15, 0.2) is 30.6 Å². The molecule has 25 heavy (non-hydrogen) atoms. The van der Waals surface area contributed by atoms with E-state index >= 15 is 0 Å². The summed E-state index contributed by atoms with van der Waals surface area (Å²) in [5, 5.41) is 8.24. The Bertz CT molecular complexity index is 896. The molecule has 1 atom stereocenters. The number of ether oxygens (including phenoxy) is 1. The Morgan fingerprint density at radius 3 is 2.80 bits per heavy atom. The number of fused-ring (bicyclic) bond motifs is 1. The van der Waals surface area contributed by atoms with Gasteiger partial charge in [0.15, 0.2) is 0 Å². The van der Waals surface area contributed by atoms with Crippen LogP contribution in [0.1, 0.15) is 42.6 Å². The second-order valence-corrected chi connectivity index (χ2v) is 5.88. The lowest BCUT2D eigenvalue weighted by Crippen LogP contribution is -2.31. The quantitative estimate of drug-likeness (QED) is 0.748. The van der Waals surface area contributed by atoms with E-state index in [0.29, 0.717) is 5.69 Å². The van der Waals surface area contributed by atoms with E-state index in [9.17, 15) is 4.79 Å². The van der Waals surface area contributed by atoms with E-state index in [1.165, 1.54) is 6.33 Å². The van der Waals surface area contributed by atoms with Gasteiger partial charge >= 0.3 is 0 Å². The highest BCUT2D eigenvalue weighted by molar-refractivity contribution is 5.99. The zero-order valence-electron chi connectivity index (χ0n) is 15.0. The third kappa shape index (κ3) is 3.09. The maximum Gasteiger partial charge on any atom is 0.268 e. The van der Waals surface area contributed by atoms with E-state index in [-0.39, 0.29) is 11.9 Å². The van der Waals surface area contributed by atoms with E-state index < -0.39 is 0 Å². The number of aromatic nitrogens is 4. The minimum atomic E-state index is -0.178. The van der Waals surface area contributed by atoms with Crippen LogP contribution in [0.4, 0.5) is 0 Å². The third-order valence-electron chi connectivity index (χ3n) is 4.45. The Morgan fingerprint density at radius 1 is 1.32 bits per heavy atom. The van der Waals surface area contributed by atoms with E-state index in [4.69, 9.17) is 4.74 Å². The number of benzene rings is 1. The molecule has 1 N–H and O–H groups in total. The van der Waals surface area contributed by atoms with Gasteiger partial charge in [-0.2, -0.15) is 5.10 Å². The number of nitrogens with zero attached hydrogens (tertiary/aromatic N) is 4. The molecule has 0 aliphatic rings. The number of aryl methyl sites for hydroxylation is 2. The summed E-state index contributed by atoms with van der Waals surface area (Å²) in [5.41, 5.74) is 1.58. The number of hydrogen-bond donors (Lipinski definition) is 1. The second-order valence-electron chi connectivity index (χ2n) is 5.88. The topological polar surface area (TPSA) is 74.0 Å². The Hall–Kier alpha value is -2.83. The molecule has 2 heterocycles. The van der Waals surface area contributed by atoms with Crippen LogP contribution in [0.3, 0.4) is 0 Å². The third-order valence-corrected chi connectivity index (χ3v) is 4.45. The molecule has 0 saturated heterocycles. The summed E-state index contributed by atoms with van der Waals surface area (Å²) in [5.74, 6) is 1.42. The van der Waals surface area contributed by atoms with Crippen molar-refractivity contribution in [2.75, 3.05) is 7.11 Å². The lowest BCUT2D eigenvalue weighted by molar-refractivity contribution is 0.0925. The average molecular weight is 341 g/mol. The number of methoxy groups -OCH3 is 1. The molecule has 7 nitrogen and oxygen atoms in total. The number of nitrogens with one attached hydrogen (secondary N) is 1. The molecule has 0 aliphatic heterocycles. The van der Waals surface area contributed by atoms with Crippen molar-refractivity contribution >= 4 is 16.8 Å². The van der Waals surface area contributed by atoms with Crippen molar-refractivity contribution in [1.29, 1.82) is 0 Å². The first-order chi connectivity index (χ1) is 12.1. The van der Waals surface area contributed by atoms with Crippen LogP contribution in [0.2, 0.25) is 0 Å². The Balaban J connectivity index is 1.89. The molecule has 3 aromatic rings. The molecule has 0 spiro atoms. The Labute approximate surface area is 146 Å². The molecule has 0 saturated carbocycles. The zero-order valence-corrected chi connectivity index (χ0v) is 15.0. The number of hydrogen-bond acceptors (Lipinski definition) is 4. The molecular formula is C18H23N5O2. The lowest BCUT2D eigenvalue weighted by atomic mass is 10.2. The van der Waals surface area contributed by atoms with Crippen molar-refractivity contribution in [3.63, 3.8) is 0 Å². The van der Waals surface area contributed by atoms with Crippen molar-refractivity contribution in [3.8, 4) is 5.75 Å². The van der Waals surface area contributed by atoms with Crippen LogP contribution in [0.5, 0.6) is 5.75 Å². The van der Waals surface area contributed by atoms with Crippen LogP contribution >= 0.6 is 0 Å². The number of rotatable bonds is 6. The first kappa shape index (κ1) is 17.0. The summed E-state index contributed by atoms with van der Waals surface area (Å²) in [4.78, 5) is 17.1. The van der Waals surface area contributed by atoms with Crippen molar-refractivity contribution in [2.24, 2.45) is 7.05 Å². The number of carbonyl (C=O) groups excluding carboxylic acids is 1. The summed E-state index contributed by atoms with van der Waals surface area (Å²) in [6.45, 7) is 4.74. The molecule has 1 unspecified atom stereocenters. The van der Waals surface area contributed by atoms with Gasteiger partial charge in [-0.3, -0.25) is 4.79 Å². The monoisotopic (exact) mass is 341 g/mol. The summed E-state index contributed by atoms with van der Waals surface area (Å²) < 4.78 is 8.96. The van der Waals surface area contributed by atoms with Gasteiger partial charge in [0.05, 0.1) is 13.2 Å². The second kappa shape index (κ2) is 6.96. The normalized spacial score (nSPS) is 12.3. The first-order valence-corrected chi connectivity index (χ1v) is 8.41. The van der Waals surface area contributed by atoms with E-state index in [2.05, 4.69) is 15.4 Å². The highest BCUT2D eigenvalue weighted by Crippen LogP contribution is 2.24. The first-order valence-electron chi connectivity index (χ1n) is 8.41. The Kier molecular flexibility index (Phi) is 4.74. The van der Waals surface area contributed by atoms with E-state index in [1.54, 1.807) is 11.8 Å². The van der Waals surface area contributed by atoms with Gasteiger partial charge in [0.2, 0.25) is 0 Å². The number of amides is 1. The summed E-state index contributed by atoms with van der Waals surface area (Å²) >= 11 is 0. The van der Waals surface area contributed by atoms with Crippen molar-refractivity contribution < 1.29 is 9.53 Å². The van der Waals surface area contributed by atoms with Crippen molar-refractivity contribution in [1.82, 2.24) is 24.6 Å². The van der Waals surface area contributed by atoms with Crippen molar-refractivity contribution in [3.05, 3.63) is 42.1 Å². The standard InChI is InChI=1S/C18H23N5O2/c1-5-14(17-19-11-20-23(17)6-2)21-18(24)16-10-12-9-13(25-4)7-8-15(12)22(16)3/h7-11,14H,5-6H2,1-4H3,(H,21,24). The van der Waals surface area contributed by atoms with Crippen LogP contribution < -0.4 is 10.1 Å². The highest BCUT2D eigenvalue weighted by atomic mass is 16.5. The predicted molar refractivity (Wildman–Crippen MR) is 95.7 cm³/mol. The lowest BCUT2D eigenvalue weighted by Gasteiger charge is -2.17. The average Bonchev–Trinajstić information content (AvgIpc) is 3.23. The van der Waals surface area contributed by atoms with Crippen LogP contribution in [-0.4, -0.2) is 32.3 Å². The van der Waals surface area contributed by atoms with Crippen LogP contribution in [0.25, 0.3) is 10.9 Å². The summed E-state index contributed by atoms with van der Waals surface area (Å²) in [6.07, 6.45) is 2.26. The molecule has 7 heteroatoms.